The van der Waals surface area contributed by atoms with E-state index in [4.69, 9.17) is 4.74 Å². The zero-order valence-electron chi connectivity index (χ0n) is 13.0. The SMILES string of the molecule is CCCCOc1cc(C(=O)O)n(Cc2ccc(C(F)(F)F)cc2)n1. The van der Waals surface area contributed by atoms with Gasteiger partial charge >= 0.3 is 12.1 Å². The molecule has 0 saturated carbocycles. The zero-order chi connectivity index (χ0) is 17.7. The van der Waals surface area contributed by atoms with Gasteiger partial charge in [0.25, 0.3) is 0 Å². The highest BCUT2D eigenvalue weighted by atomic mass is 19.4. The van der Waals surface area contributed by atoms with E-state index in [1.54, 1.807) is 0 Å². The van der Waals surface area contributed by atoms with Gasteiger partial charge in [-0.15, -0.1) is 5.10 Å². The second-order valence-electron chi connectivity index (χ2n) is 5.23. The molecular weight excluding hydrogens is 325 g/mol. The van der Waals surface area contributed by atoms with E-state index in [0.717, 1.165) is 25.0 Å². The van der Waals surface area contributed by atoms with Gasteiger partial charge in [-0.2, -0.15) is 13.2 Å². The van der Waals surface area contributed by atoms with E-state index >= 15 is 0 Å². The fraction of sp³-hybridized carbons (Fsp3) is 0.375. The summed E-state index contributed by atoms with van der Waals surface area (Å²) in [5.41, 5.74) is -0.330. The molecule has 0 atom stereocenters. The molecule has 2 aromatic rings. The summed E-state index contributed by atoms with van der Waals surface area (Å²) < 4.78 is 44.2. The standard InChI is InChI=1S/C16H17F3N2O3/c1-2-3-8-24-14-9-13(15(22)23)21(20-14)10-11-4-6-12(7-5-11)16(17,18)19/h4-7,9H,2-3,8,10H2,1H3,(H,22,23). The summed E-state index contributed by atoms with van der Waals surface area (Å²) >= 11 is 0. The van der Waals surface area contributed by atoms with Gasteiger partial charge in [-0.1, -0.05) is 25.5 Å². The van der Waals surface area contributed by atoms with Crippen LogP contribution in [-0.2, 0) is 12.7 Å². The predicted molar refractivity (Wildman–Crippen MR) is 80.1 cm³/mol. The molecule has 0 radical (unpaired) electrons. The van der Waals surface area contributed by atoms with E-state index in [1.165, 1.54) is 22.9 Å². The van der Waals surface area contributed by atoms with Crippen molar-refractivity contribution in [3.63, 3.8) is 0 Å². The second-order valence-corrected chi connectivity index (χ2v) is 5.23. The van der Waals surface area contributed by atoms with Crippen molar-refractivity contribution in [3.8, 4) is 5.88 Å². The molecule has 0 aliphatic heterocycles. The molecule has 1 heterocycles. The summed E-state index contributed by atoms with van der Waals surface area (Å²) in [4.78, 5) is 11.3. The van der Waals surface area contributed by atoms with Crippen molar-refractivity contribution < 1.29 is 27.8 Å². The van der Waals surface area contributed by atoms with Crippen LogP contribution in [-0.4, -0.2) is 27.5 Å². The van der Waals surface area contributed by atoms with E-state index in [9.17, 15) is 23.1 Å². The molecule has 24 heavy (non-hydrogen) atoms. The lowest BCUT2D eigenvalue weighted by atomic mass is 10.1. The van der Waals surface area contributed by atoms with E-state index < -0.39 is 17.7 Å². The van der Waals surface area contributed by atoms with Gasteiger partial charge in [-0.25, -0.2) is 9.48 Å². The highest BCUT2D eigenvalue weighted by molar-refractivity contribution is 5.86. The Morgan fingerprint density at radius 1 is 1.29 bits per heavy atom. The van der Waals surface area contributed by atoms with E-state index in [2.05, 4.69) is 5.10 Å². The van der Waals surface area contributed by atoms with Crippen LogP contribution >= 0.6 is 0 Å². The lowest BCUT2D eigenvalue weighted by Gasteiger charge is -2.08. The van der Waals surface area contributed by atoms with Gasteiger partial charge < -0.3 is 9.84 Å². The Labute approximate surface area is 136 Å². The number of halogens is 3. The maximum Gasteiger partial charge on any atom is 0.416 e. The summed E-state index contributed by atoms with van der Waals surface area (Å²) in [5.74, 6) is -0.993. The number of aromatic nitrogens is 2. The van der Waals surface area contributed by atoms with Crippen molar-refractivity contribution in [2.24, 2.45) is 0 Å². The molecular formula is C16H17F3N2O3. The smallest absolute Gasteiger partial charge is 0.416 e. The van der Waals surface area contributed by atoms with Gasteiger partial charge in [0.05, 0.1) is 18.7 Å². The van der Waals surface area contributed by atoms with Crippen molar-refractivity contribution in [3.05, 3.63) is 47.2 Å². The highest BCUT2D eigenvalue weighted by Crippen LogP contribution is 2.29. The van der Waals surface area contributed by atoms with Crippen LogP contribution in [0.1, 0.15) is 41.4 Å². The van der Waals surface area contributed by atoms with Gasteiger partial charge in [0.2, 0.25) is 5.88 Å². The molecule has 0 bridgehead atoms. The molecule has 0 unspecified atom stereocenters. The molecule has 0 aliphatic rings. The minimum atomic E-state index is -4.41. The average molecular weight is 342 g/mol. The van der Waals surface area contributed by atoms with Gasteiger partial charge in [0.1, 0.15) is 0 Å². The monoisotopic (exact) mass is 342 g/mol. The van der Waals surface area contributed by atoms with Crippen LogP contribution in [0.15, 0.2) is 30.3 Å². The van der Waals surface area contributed by atoms with Gasteiger partial charge in [0.15, 0.2) is 5.69 Å². The van der Waals surface area contributed by atoms with Gasteiger partial charge in [-0.05, 0) is 24.1 Å². The second kappa shape index (κ2) is 7.37. The van der Waals surface area contributed by atoms with E-state index in [0.29, 0.717) is 12.2 Å². The number of benzene rings is 1. The Bertz CT molecular complexity index is 694. The van der Waals surface area contributed by atoms with Crippen LogP contribution in [0, 0.1) is 0 Å². The molecule has 5 nitrogen and oxygen atoms in total. The molecule has 1 aromatic heterocycles. The minimum Gasteiger partial charge on any atom is -0.477 e. The average Bonchev–Trinajstić information content (AvgIpc) is 2.90. The van der Waals surface area contributed by atoms with Crippen LogP contribution in [0.5, 0.6) is 5.88 Å². The quantitative estimate of drug-likeness (QED) is 0.777. The van der Waals surface area contributed by atoms with Crippen LogP contribution in [0.25, 0.3) is 0 Å². The number of rotatable bonds is 7. The minimum absolute atomic E-state index is 0.0386. The van der Waals surface area contributed by atoms with Crippen LogP contribution in [0.2, 0.25) is 0 Å². The maximum atomic E-state index is 12.6. The largest absolute Gasteiger partial charge is 0.477 e. The predicted octanol–water partition coefficient (Wildman–Crippen LogP) is 3.83. The third-order valence-corrected chi connectivity index (χ3v) is 3.34. The van der Waals surface area contributed by atoms with Crippen molar-refractivity contribution in [1.29, 1.82) is 0 Å². The number of alkyl halides is 3. The van der Waals surface area contributed by atoms with Crippen molar-refractivity contribution in [2.45, 2.75) is 32.5 Å². The number of hydrogen-bond donors (Lipinski definition) is 1. The summed E-state index contributed by atoms with van der Waals surface area (Å²) in [5, 5.41) is 13.3. The Morgan fingerprint density at radius 2 is 1.96 bits per heavy atom. The number of unbranched alkanes of at least 4 members (excludes halogenated alkanes) is 1. The molecule has 8 heteroatoms. The van der Waals surface area contributed by atoms with Crippen LogP contribution in [0.4, 0.5) is 13.2 Å². The number of aromatic carboxylic acids is 1. The normalized spacial score (nSPS) is 11.5. The summed E-state index contributed by atoms with van der Waals surface area (Å²) in [6.07, 6.45) is -2.66. The van der Waals surface area contributed by atoms with Crippen LogP contribution in [0.3, 0.4) is 0 Å². The summed E-state index contributed by atoms with van der Waals surface area (Å²) in [7, 11) is 0. The van der Waals surface area contributed by atoms with Crippen LogP contribution < -0.4 is 4.74 Å². The summed E-state index contributed by atoms with van der Waals surface area (Å²) in [6, 6.07) is 5.82. The van der Waals surface area contributed by atoms with Crippen molar-refractivity contribution >= 4 is 5.97 Å². The van der Waals surface area contributed by atoms with E-state index in [-0.39, 0.29) is 18.1 Å². The van der Waals surface area contributed by atoms with Gasteiger partial charge in [0, 0.05) is 6.07 Å². The number of carboxylic acid groups (broad SMARTS) is 1. The third-order valence-electron chi connectivity index (χ3n) is 3.34. The molecule has 0 aliphatic carbocycles. The topological polar surface area (TPSA) is 64.3 Å². The van der Waals surface area contributed by atoms with E-state index in [1.807, 2.05) is 6.92 Å². The Hall–Kier alpha value is -2.51. The summed E-state index contributed by atoms with van der Waals surface area (Å²) in [6.45, 7) is 2.46. The first kappa shape index (κ1) is 17.8. The molecule has 1 N–H and O–H groups in total. The van der Waals surface area contributed by atoms with Gasteiger partial charge in [-0.3, -0.25) is 0 Å². The Morgan fingerprint density at radius 3 is 2.50 bits per heavy atom. The Balaban J connectivity index is 2.17. The number of carboxylic acids is 1. The highest BCUT2D eigenvalue weighted by Gasteiger charge is 2.30. The number of ether oxygens (including phenoxy) is 1. The number of hydrogen-bond acceptors (Lipinski definition) is 3. The van der Waals surface area contributed by atoms with Crippen molar-refractivity contribution in [2.75, 3.05) is 6.61 Å². The molecule has 2 rings (SSSR count). The lowest BCUT2D eigenvalue weighted by molar-refractivity contribution is -0.137. The van der Waals surface area contributed by atoms with Crippen molar-refractivity contribution in [1.82, 2.24) is 9.78 Å². The molecule has 0 spiro atoms. The molecule has 0 amide bonds. The number of nitrogens with zero attached hydrogens (tertiary/aromatic N) is 2. The molecule has 1 aromatic carbocycles. The lowest BCUT2D eigenvalue weighted by Crippen LogP contribution is -2.11. The Kier molecular flexibility index (Phi) is 5.48. The molecule has 130 valence electrons. The maximum absolute atomic E-state index is 12.6. The fourth-order valence-corrected chi connectivity index (χ4v) is 2.05. The first-order valence-corrected chi connectivity index (χ1v) is 7.41. The molecule has 0 saturated heterocycles. The molecule has 0 fully saturated rings. The fourth-order valence-electron chi connectivity index (χ4n) is 2.05. The zero-order valence-corrected chi connectivity index (χ0v) is 13.0. The third kappa shape index (κ3) is 4.50. The first-order chi connectivity index (χ1) is 11.3. The number of carbonyl (C=O) groups is 1. The first-order valence-electron chi connectivity index (χ1n) is 7.41.